The second-order valence-corrected chi connectivity index (χ2v) is 4.93. The molecule has 0 radical (unpaired) electrons. The highest BCUT2D eigenvalue weighted by molar-refractivity contribution is 6.30. The molecule has 0 saturated heterocycles. The fourth-order valence-corrected chi connectivity index (χ4v) is 1.93. The second-order valence-electron chi connectivity index (χ2n) is 4.50. The Kier molecular flexibility index (Phi) is 4.48. The number of nitrogens with two attached hydrogens (primary N) is 1. The maximum absolute atomic E-state index is 11.9. The van der Waals surface area contributed by atoms with Crippen molar-refractivity contribution >= 4 is 29.0 Å². The molecule has 4 N–H and O–H groups in total. The summed E-state index contributed by atoms with van der Waals surface area (Å²) in [6, 6.07) is 13.9. The quantitative estimate of drug-likeness (QED) is 0.752. The summed E-state index contributed by atoms with van der Waals surface area (Å²) < 4.78 is 0. The number of benzene rings is 2. The van der Waals surface area contributed by atoms with Crippen LogP contribution in [0.5, 0.6) is 0 Å². The summed E-state index contributed by atoms with van der Waals surface area (Å²) in [4.78, 5) is 11.9. The van der Waals surface area contributed by atoms with Gasteiger partial charge in [0.25, 0.3) is 0 Å². The SMILES string of the molecule is CC(NC(=O)Nc1ccc(Cl)cc1)c1cccc(N)c1. The minimum Gasteiger partial charge on any atom is -0.399 e. The Balaban J connectivity index is 1.95. The van der Waals surface area contributed by atoms with E-state index in [0.717, 1.165) is 5.56 Å². The summed E-state index contributed by atoms with van der Waals surface area (Å²) in [7, 11) is 0. The lowest BCUT2D eigenvalue weighted by Crippen LogP contribution is -2.31. The summed E-state index contributed by atoms with van der Waals surface area (Å²) in [5.41, 5.74) is 8.04. The van der Waals surface area contributed by atoms with Crippen molar-refractivity contribution in [3.05, 3.63) is 59.1 Å². The molecular formula is C15H16ClN3O. The Hall–Kier alpha value is -2.20. The van der Waals surface area contributed by atoms with Gasteiger partial charge < -0.3 is 16.4 Å². The Morgan fingerprint density at radius 1 is 1.20 bits per heavy atom. The molecule has 2 aromatic rings. The van der Waals surface area contributed by atoms with Gasteiger partial charge in [0, 0.05) is 16.4 Å². The van der Waals surface area contributed by atoms with Crippen molar-refractivity contribution in [2.45, 2.75) is 13.0 Å². The first kappa shape index (κ1) is 14.2. The third-order valence-corrected chi connectivity index (χ3v) is 3.11. The molecule has 2 aromatic carbocycles. The summed E-state index contributed by atoms with van der Waals surface area (Å²) in [5.74, 6) is 0. The van der Waals surface area contributed by atoms with Gasteiger partial charge >= 0.3 is 6.03 Å². The van der Waals surface area contributed by atoms with Gasteiger partial charge in [-0.05, 0) is 48.9 Å². The van der Waals surface area contributed by atoms with Gasteiger partial charge in [0.1, 0.15) is 0 Å². The van der Waals surface area contributed by atoms with Gasteiger partial charge in [-0.15, -0.1) is 0 Å². The van der Waals surface area contributed by atoms with Crippen molar-refractivity contribution in [3.63, 3.8) is 0 Å². The third kappa shape index (κ3) is 3.90. The zero-order chi connectivity index (χ0) is 14.5. The van der Waals surface area contributed by atoms with Crippen LogP contribution in [0.4, 0.5) is 16.2 Å². The lowest BCUT2D eigenvalue weighted by atomic mass is 10.1. The Labute approximate surface area is 122 Å². The molecule has 4 nitrogen and oxygen atoms in total. The molecule has 5 heteroatoms. The largest absolute Gasteiger partial charge is 0.399 e. The number of carbonyl (C=O) groups is 1. The first-order chi connectivity index (χ1) is 9.54. The standard InChI is InChI=1S/C15H16ClN3O/c1-10(11-3-2-4-13(17)9-11)18-15(20)19-14-7-5-12(16)6-8-14/h2-10H,17H2,1H3,(H2,18,19,20). The van der Waals surface area contributed by atoms with E-state index < -0.39 is 0 Å². The molecule has 1 atom stereocenters. The van der Waals surface area contributed by atoms with Crippen LogP contribution in [0.3, 0.4) is 0 Å². The van der Waals surface area contributed by atoms with Gasteiger partial charge in [0.2, 0.25) is 0 Å². The maximum Gasteiger partial charge on any atom is 0.319 e. The highest BCUT2D eigenvalue weighted by Crippen LogP contribution is 2.16. The van der Waals surface area contributed by atoms with Gasteiger partial charge in [0.15, 0.2) is 0 Å². The molecule has 0 aliphatic carbocycles. The van der Waals surface area contributed by atoms with Crippen LogP contribution in [0, 0.1) is 0 Å². The van der Waals surface area contributed by atoms with E-state index in [-0.39, 0.29) is 12.1 Å². The summed E-state index contributed by atoms with van der Waals surface area (Å²) >= 11 is 5.79. The number of urea groups is 1. The molecular weight excluding hydrogens is 274 g/mol. The topological polar surface area (TPSA) is 67.2 Å². The first-order valence-corrected chi connectivity index (χ1v) is 6.61. The zero-order valence-corrected chi connectivity index (χ0v) is 11.8. The fourth-order valence-electron chi connectivity index (χ4n) is 1.81. The van der Waals surface area contributed by atoms with Crippen molar-refractivity contribution in [1.29, 1.82) is 0 Å². The van der Waals surface area contributed by atoms with E-state index in [2.05, 4.69) is 10.6 Å². The van der Waals surface area contributed by atoms with E-state index in [1.807, 2.05) is 31.2 Å². The molecule has 0 spiro atoms. The van der Waals surface area contributed by atoms with Crippen LogP contribution in [0.15, 0.2) is 48.5 Å². The van der Waals surface area contributed by atoms with E-state index in [9.17, 15) is 4.79 Å². The van der Waals surface area contributed by atoms with Crippen molar-refractivity contribution in [1.82, 2.24) is 5.32 Å². The lowest BCUT2D eigenvalue weighted by Gasteiger charge is -2.15. The van der Waals surface area contributed by atoms with Crippen LogP contribution < -0.4 is 16.4 Å². The van der Waals surface area contributed by atoms with Crippen LogP contribution in [-0.4, -0.2) is 6.03 Å². The molecule has 20 heavy (non-hydrogen) atoms. The van der Waals surface area contributed by atoms with E-state index in [0.29, 0.717) is 16.4 Å². The van der Waals surface area contributed by atoms with E-state index in [1.165, 1.54) is 0 Å². The van der Waals surface area contributed by atoms with Crippen molar-refractivity contribution in [2.24, 2.45) is 0 Å². The minimum absolute atomic E-state index is 0.134. The average molecular weight is 290 g/mol. The van der Waals surface area contributed by atoms with Crippen LogP contribution in [-0.2, 0) is 0 Å². The number of hydrogen-bond donors (Lipinski definition) is 3. The molecule has 0 aliphatic heterocycles. The van der Waals surface area contributed by atoms with Gasteiger partial charge in [-0.25, -0.2) is 4.79 Å². The molecule has 0 heterocycles. The first-order valence-electron chi connectivity index (χ1n) is 6.23. The number of carbonyl (C=O) groups excluding carboxylic acids is 1. The molecule has 1 unspecified atom stereocenters. The van der Waals surface area contributed by atoms with E-state index >= 15 is 0 Å². The number of halogens is 1. The molecule has 0 aliphatic rings. The zero-order valence-electron chi connectivity index (χ0n) is 11.1. The van der Waals surface area contributed by atoms with Gasteiger partial charge in [-0.1, -0.05) is 23.7 Å². The number of nitrogen functional groups attached to an aromatic ring is 1. The highest BCUT2D eigenvalue weighted by atomic mass is 35.5. The van der Waals surface area contributed by atoms with Gasteiger partial charge in [-0.3, -0.25) is 0 Å². The molecule has 2 rings (SSSR count). The summed E-state index contributed by atoms with van der Waals surface area (Å²) in [6.45, 7) is 1.90. The predicted octanol–water partition coefficient (Wildman–Crippen LogP) is 3.80. The van der Waals surface area contributed by atoms with Gasteiger partial charge in [-0.2, -0.15) is 0 Å². The fraction of sp³-hybridized carbons (Fsp3) is 0.133. The van der Waals surface area contributed by atoms with Crippen molar-refractivity contribution < 1.29 is 4.79 Å². The third-order valence-electron chi connectivity index (χ3n) is 2.86. The monoisotopic (exact) mass is 289 g/mol. The van der Waals surface area contributed by atoms with Crippen LogP contribution in [0.25, 0.3) is 0 Å². The molecule has 104 valence electrons. The Bertz CT molecular complexity index is 598. The van der Waals surface area contributed by atoms with E-state index in [1.54, 1.807) is 24.3 Å². The van der Waals surface area contributed by atoms with Crippen LogP contribution in [0.1, 0.15) is 18.5 Å². The molecule has 2 amide bonds. The number of anilines is 2. The lowest BCUT2D eigenvalue weighted by molar-refractivity contribution is 0.249. The normalized spacial score (nSPS) is 11.7. The second kappa shape index (κ2) is 6.30. The average Bonchev–Trinajstić information content (AvgIpc) is 2.41. The Morgan fingerprint density at radius 2 is 1.90 bits per heavy atom. The molecule has 0 saturated carbocycles. The maximum atomic E-state index is 11.9. The number of rotatable bonds is 3. The molecule has 0 fully saturated rings. The summed E-state index contributed by atoms with van der Waals surface area (Å²) in [6.07, 6.45) is 0. The smallest absolute Gasteiger partial charge is 0.319 e. The number of amides is 2. The predicted molar refractivity (Wildman–Crippen MR) is 82.9 cm³/mol. The van der Waals surface area contributed by atoms with Crippen molar-refractivity contribution in [2.75, 3.05) is 11.1 Å². The Morgan fingerprint density at radius 3 is 2.55 bits per heavy atom. The molecule has 0 aromatic heterocycles. The van der Waals surface area contributed by atoms with Crippen LogP contribution >= 0.6 is 11.6 Å². The number of nitrogens with one attached hydrogen (secondary N) is 2. The van der Waals surface area contributed by atoms with Crippen molar-refractivity contribution in [3.8, 4) is 0 Å². The van der Waals surface area contributed by atoms with E-state index in [4.69, 9.17) is 17.3 Å². The minimum atomic E-state index is -0.276. The molecule has 0 bridgehead atoms. The number of hydrogen-bond acceptors (Lipinski definition) is 2. The van der Waals surface area contributed by atoms with Gasteiger partial charge in [0.05, 0.1) is 6.04 Å². The highest BCUT2D eigenvalue weighted by Gasteiger charge is 2.09. The summed E-state index contributed by atoms with van der Waals surface area (Å²) in [5, 5.41) is 6.22. The van der Waals surface area contributed by atoms with Crippen LogP contribution in [0.2, 0.25) is 5.02 Å².